The van der Waals surface area contributed by atoms with Crippen molar-refractivity contribution in [3.8, 4) is 5.75 Å². The number of nitrogen functional groups attached to an aromatic ring is 1. The van der Waals surface area contributed by atoms with Gasteiger partial charge in [-0.2, -0.15) is 4.98 Å². The van der Waals surface area contributed by atoms with Crippen molar-refractivity contribution in [3.05, 3.63) is 41.6 Å². The molecule has 0 bridgehead atoms. The first-order valence-corrected chi connectivity index (χ1v) is 16.3. The van der Waals surface area contributed by atoms with E-state index in [1.807, 2.05) is 12.3 Å². The van der Waals surface area contributed by atoms with Crippen molar-refractivity contribution < 1.29 is 14.6 Å². The number of hydrogen-bond acceptors (Lipinski definition) is 9. The molecular weight excluding hydrogens is 556 g/mol. The summed E-state index contributed by atoms with van der Waals surface area (Å²) in [6, 6.07) is 8.53. The Morgan fingerprint density at radius 2 is 1.84 bits per heavy atom. The number of fused-ring (bicyclic) bond motifs is 1. The van der Waals surface area contributed by atoms with Gasteiger partial charge in [-0.15, -0.1) is 0 Å². The Morgan fingerprint density at radius 1 is 1.05 bits per heavy atom. The Balaban J connectivity index is 1.26. The van der Waals surface area contributed by atoms with Crippen molar-refractivity contribution >= 4 is 28.7 Å². The van der Waals surface area contributed by atoms with E-state index >= 15 is 0 Å². The van der Waals surface area contributed by atoms with Crippen LogP contribution in [0, 0.1) is 0 Å². The number of aromatic nitrogens is 3. The molecule has 1 atom stereocenters. The zero-order valence-corrected chi connectivity index (χ0v) is 26.9. The molecule has 1 saturated heterocycles. The fourth-order valence-electron chi connectivity index (χ4n) is 5.77. The lowest BCUT2D eigenvalue weighted by Crippen LogP contribution is -2.46. The van der Waals surface area contributed by atoms with Crippen molar-refractivity contribution in [2.45, 2.75) is 78.0 Å². The van der Waals surface area contributed by atoms with Gasteiger partial charge in [0.15, 0.2) is 5.82 Å². The van der Waals surface area contributed by atoms with Crippen LogP contribution in [0.25, 0.3) is 11.0 Å². The van der Waals surface area contributed by atoms with Crippen LogP contribution in [0.4, 0.5) is 11.8 Å². The third kappa shape index (κ3) is 10.1. The number of nitrogens with two attached hydrogens (primary N) is 1. The molecule has 11 heteroatoms. The number of carbonyl (C=O) groups is 1. The standard InChI is InChI=1S/C33H52N8O3/c1-4-5-6-14-36-32-31-28(37-33(34)38-32)13-17-41(31)24-27-12-11-26(22-29(27)44-3)23-40-20-18-39(19-21-40)16-8-15-35-30(43)10-7-9-25(2)42/h11-13,17,22,25,42H,4-10,14-16,18-21,23-24H2,1-3H3,(H,35,43)(H3,34,36,37,38). The van der Waals surface area contributed by atoms with E-state index in [1.54, 1.807) is 14.0 Å². The second kappa shape index (κ2) is 17.2. The molecule has 242 valence electrons. The molecule has 0 saturated carbocycles. The van der Waals surface area contributed by atoms with E-state index in [2.05, 4.69) is 60.1 Å². The summed E-state index contributed by atoms with van der Waals surface area (Å²) in [6.07, 6.45) is 7.96. The van der Waals surface area contributed by atoms with Crippen molar-refractivity contribution in [1.29, 1.82) is 0 Å². The Kier molecular flexibility index (Phi) is 13.1. The van der Waals surface area contributed by atoms with Crippen LogP contribution in [0.2, 0.25) is 0 Å². The highest BCUT2D eigenvalue weighted by atomic mass is 16.5. The highest BCUT2D eigenvalue weighted by Crippen LogP contribution is 2.27. The highest BCUT2D eigenvalue weighted by molar-refractivity contribution is 5.87. The Hall–Kier alpha value is -3.41. The molecule has 1 aliphatic heterocycles. The third-order valence-corrected chi connectivity index (χ3v) is 8.26. The number of hydrogen-bond donors (Lipinski definition) is 4. The molecular formula is C33H52N8O3. The second-order valence-electron chi connectivity index (χ2n) is 12.0. The Labute approximate surface area is 262 Å². The van der Waals surface area contributed by atoms with Crippen LogP contribution < -0.4 is 21.1 Å². The maximum absolute atomic E-state index is 11.9. The fraction of sp³-hybridized carbons (Fsp3) is 0.606. The first kappa shape index (κ1) is 33.5. The number of amides is 1. The zero-order valence-electron chi connectivity index (χ0n) is 26.9. The van der Waals surface area contributed by atoms with E-state index in [0.29, 0.717) is 25.9 Å². The molecule has 1 aliphatic rings. The lowest BCUT2D eigenvalue weighted by atomic mass is 10.1. The van der Waals surface area contributed by atoms with Gasteiger partial charge in [0.05, 0.1) is 25.3 Å². The topological polar surface area (TPSA) is 134 Å². The smallest absolute Gasteiger partial charge is 0.222 e. The van der Waals surface area contributed by atoms with E-state index in [9.17, 15) is 9.90 Å². The predicted molar refractivity (Wildman–Crippen MR) is 177 cm³/mol. The van der Waals surface area contributed by atoms with Crippen LogP contribution in [0.5, 0.6) is 5.75 Å². The maximum atomic E-state index is 11.9. The molecule has 1 unspecified atom stereocenters. The summed E-state index contributed by atoms with van der Waals surface area (Å²) < 4.78 is 8.01. The number of carbonyl (C=O) groups excluding carboxylic acids is 1. The molecule has 1 aromatic carbocycles. The average molecular weight is 609 g/mol. The maximum Gasteiger partial charge on any atom is 0.222 e. The molecule has 0 spiro atoms. The van der Waals surface area contributed by atoms with Gasteiger partial charge in [0.2, 0.25) is 11.9 Å². The minimum Gasteiger partial charge on any atom is -0.496 e. The van der Waals surface area contributed by atoms with Gasteiger partial charge in [-0.25, -0.2) is 4.98 Å². The number of methoxy groups -OCH3 is 1. The van der Waals surface area contributed by atoms with Gasteiger partial charge in [0, 0.05) is 64.0 Å². The molecule has 1 fully saturated rings. The predicted octanol–water partition coefficient (Wildman–Crippen LogP) is 3.85. The van der Waals surface area contributed by atoms with E-state index < -0.39 is 0 Å². The van der Waals surface area contributed by atoms with Gasteiger partial charge in [0.25, 0.3) is 0 Å². The lowest BCUT2D eigenvalue weighted by Gasteiger charge is -2.34. The molecule has 5 N–H and O–H groups in total. The quantitative estimate of drug-likeness (QED) is 0.159. The first-order chi connectivity index (χ1) is 21.4. The molecule has 0 aliphatic carbocycles. The zero-order chi connectivity index (χ0) is 31.3. The summed E-state index contributed by atoms with van der Waals surface area (Å²) in [5.41, 5.74) is 10.1. The largest absolute Gasteiger partial charge is 0.496 e. The summed E-state index contributed by atoms with van der Waals surface area (Å²) in [4.78, 5) is 25.9. The number of anilines is 2. The van der Waals surface area contributed by atoms with Crippen LogP contribution >= 0.6 is 0 Å². The third-order valence-electron chi connectivity index (χ3n) is 8.26. The van der Waals surface area contributed by atoms with Gasteiger partial charge in [0.1, 0.15) is 11.3 Å². The summed E-state index contributed by atoms with van der Waals surface area (Å²) in [7, 11) is 1.73. The van der Waals surface area contributed by atoms with Gasteiger partial charge in [-0.3, -0.25) is 9.69 Å². The molecule has 3 aromatic rings. The van der Waals surface area contributed by atoms with E-state index in [4.69, 9.17) is 10.5 Å². The molecule has 11 nitrogen and oxygen atoms in total. The first-order valence-electron chi connectivity index (χ1n) is 16.3. The van der Waals surface area contributed by atoms with Crippen LogP contribution in [0.1, 0.15) is 69.9 Å². The van der Waals surface area contributed by atoms with Gasteiger partial charge >= 0.3 is 0 Å². The SMILES string of the molecule is CCCCCNc1nc(N)nc2ccn(Cc3ccc(CN4CCN(CCCNC(=O)CCCC(C)O)CC4)cc3OC)c12. The number of unbranched alkanes of at least 4 members (excludes halogenated alkanes) is 2. The summed E-state index contributed by atoms with van der Waals surface area (Å²) in [5, 5.41) is 15.8. The minimum absolute atomic E-state index is 0.0809. The molecule has 1 amide bonds. The number of aliphatic hydroxyl groups is 1. The number of nitrogens with one attached hydrogen (secondary N) is 2. The van der Waals surface area contributed by atoms with Crippen LogP contribution in [-0.4, -0.2) is 94.4 Å². The normalized spacial score (nSPS) is 15.0. The Bertz CT molecular complexity index is 1320. The Morgan fingerprint density at radius 3 is 2.59 bits per heavy atom. The molecule has 4 rings (SSSR count). The van der Waals surface area contributed by atoms with Crippen molar-refractivity contribution in [2.24, 2.45) is 0 Å². The van der Waals surface area contributed by atoms with Crippen LogP contribution in [0.3, 0.4) is 0 Å². The van der Waals surface area contributed by atoms with Gasteiger partial charge in [-0.1, -0.05) is 31.9 Å². The fourth-order valence-corrected chi connectivity index (χ4v) is 5.77. The van der Waals surface area contributed by atoms with Crippen molar-refractivity contribution in [3.63, 3.8) is 0 Å². The molecule has 2 aromatic heterocycles. The van der Waals surface area contributed by atoms with E-state index in [-0.39, 0.29) is 18.0 Å². The van der Waals surface area contributed by atoms with Gasteiger partial charge < -0.3 is 35.7 Å². The number of nitrogens with zero attached hydrogens (tertiary/aromatic N) is 5. The van der Waals surface area contributed by atoms with Crippen molar-refractivity contribution in [2.75, 3.05) is 64.0 Å². The molecule has 3 heterocycles. The number of ether oxygens (including phenoxy) is 1. The van der Waals surface area contributed by atoms with E-state index in [0.717, 1.165) is 93.2 Å². The van der Waals surface area contributed by atoms with E-state index in [1.165, 1.54) is 18.4 Å². The lowest BCUT2D eigenvalue weighted by molar-refractivity contribution is -0.121. The van der Waals surface area contributed by atoms with Crippen LogP contribution in [0.15, 0.2) is 30.5 Å². The monoisotopic (exact) mass is 608 g/mol. The summed E-state index contributed by atoms with van der Waals surface area (Å²) in [6.45, 7) is 12.1. The molecule has 0 radical (unpaired) electrons. The van der Waals surface area contributed by atoms with Crippen molar-refractivity contribution in [1.82, 2.24) is 29.7 Å². The number of benzene rings is 1. The summed E-state index contributed by atoms with van der Waals surface area (Å²) >= 11 is 0. The molecule has 44 heavy (non-hydrogen) atoms. The average Bonchev–Trinajstić information content (AvgIpc) is 3.41. The number of piperazine rings is 1. The number of rotatable bonds is 18. The second-order valence-corrected chi connectivity index (χ2v) is 12.0. The minimum atomic E-state index is -0.340. The summed E-state index contributed by atoms with van der Waals surface area (Å²) in [5.74, 6) is 2.01. The van der Waals surface area contributed by atoms with Gasteiger partial charge in [-0.05, 0) is 56.8 Å². The highest BCUT2D eigenvalue weighted by Gasteiger charge is 2.18. The number of aliphatic hydroxyl groups excluding tert-OH is 1. The van der Waals surface area contributed by atoms with Crippen LogP contribution in [-0.2, 0) is 17.9 Å².